The van der Waals surface area contributed by atoms with Crippen molar-refractivity contribution in [2.45, 2.75) is 18.9 Å². The number of halogens is 1. The fourth-order valence-electron chi connectivity index (χ4n) is 5.28. The topological polar surface area (TPSA) is 66.5 Å². The zero-order valence-corrected chi connectivity index (χ0v) is 22.6. The van der Waals surface area contributed by atoms with Gasteiger partial charge in [-0.2, -0.15) is 0 Å². The van der Waals surface area contributed by atoms with Crippen molar-refractivity contribution in [1.29, 1.82) is 0 Å². The molecule has 0 saturated heterocycles. The van der Waals surface area contributed by atoms with Gasteiger partial charge < -0.3 is 19.8 Å². The Balaban J connectivity index is 1.62. The number of aromatic nitrogens is 1. The molecule has 5 nitrogen and oxygen atoms in total. The van der Waals surface area contributed by atoms with Gasteiger partial charge in [-0.25, -0.2) is 4.79 Å². The van der Waals surface area contributed by atoms with Crippen LogP contribution in [0.3, 0.4) is 0 Å². The maximum absolute atomic E-state index is 12.2. The molecule has 39 heavy (non-hydrogen) atoms. The molecule has 1 aromatic heterocycles. The van der Waals surface area contributed by atoms with Crippen molar-refractivity contribution in [3.63, 3.8) is 0 Å². The lowest BCUT2D eigenvalue weighted by Crippen LogP contribution is -2.18. The molecule has 0 bridgehead atoms. The first-order valence-electron chi connectivity index (χ1n) is 13.0. The van der Waals surface area contributed by atoms with E-state index in [9.17, 15) is 4.79 Å². The van der Waals surface area contributed by atoms with E-state index in [0.717, 1.165) is 22.2 Å². The summed E-state index contributed by atoms with van der Waals surface area (Å²) in [5.74, 6) is 0.0734. The maximum Gasteiger partial charge on any atom is 0.341 e. The number of carbonyl (C=O) groups is 1. The molecule has 0 fully saturated rings. The first kappa shape index (κ1) is 26.5. The molecule has 0 aliphatic carbocycles. The monoisotopic (exact) mass is 538 g/mol. The van der Waals surface area contributed by atoms with E-state index in [1.807, 2.05) is 30.3 Å². The summed E-state index contributed by atoms with van der Waals surface area (Å²) in [6.45, 7) is 0.873. The van der Waals surface area contributed by atoms with Gasteiger partial charge >= 0.3 is 5.97 Å². The molecule has 0 saturated carbocycles. The fourth-order valence-corrected chi connectivity index (χ4v) is 5.46. The van der Waals surface area contributed by atoms with Gasteiger partial charge in [0.05, 0.1) is 19.8 Å². The fraction of sp³-hybridized carbons (Fsp3) is 0.182. The minimum atomic E-state index is -0.425. The van der Waals surface area contributed by atoms with Gasteiger partial charge in [-0.1, -0.05) is 84.4 Å². The van der Waals surface area contributed by atoms with Crippen molar-refractivity contribution in [3.8, 4) is 5.75 Å². The molecule has 0 spiro atoms. The van der Waals surface area contributed by atoms with Crippen LogP contribution in [-0.4, -0.2) is 30.8 Å². The highest BCUT2D eigenvalue weighted by Crippen LogP contribution is 2.37. The summed E-state index contributed by atoms with van der Waals surface area (Å²) in [6.07, 6.45) is 1.31. The van der Waals surface area contributed by atoms with Crippen molar-refractivity contribution < 1.29 is 14.3 Å². The van der Waals surface area contributed by atoms with Gasteiger partial charge in [0.2, 0.25) is 0 Å². The summed E-state index contributed by atoms with van der Waals surface area (Å²) >= 11 is 6.53. The van der Waals surface area contributed by atoms with Gasteiger partial charge in [0.25, 0.3) is 0 Å². The summed E-state index contributed by atoms with van der Waals surface area (Å²) in [6, 6.07) is 34.2. The van der Waals surface area contributed by atoms with Crippen LogP contribution in [0, 0.1) is 0 Å². The van der Waals surface area contributed by atoms with Crippen molar-refractivity contribution in [2.24, 2.45) is 5.73 Å². The van der Waals surface area contributed by atoms with Gasteiger partial charge in [0.1, 0.15) is 11.3 Å². The minimum absolute atomic E-state index is 0.0488. The predicted molar refractivity (Wildman–Crippen MR) is 157 cm³/mol. The Hall–Kier alpha value is -4.06. The van der Waals surface area contributed by atoms with Crippen molar-refractivity contribution >= 4 is 28.5 Å². The SMILES string of the molecule is COC(=O)c1ccccc1OCCc1c(CCN)n(C(c2ccccc2)c2ccccc2)c2ccc(Cl)cc12. The lowest BCUT2D eigenvalue weighted by Gasteiger charge is -2.25. The average molecular weight is 539 g/mol. The largest absolute Gasteiger partial charge is 0.492 e. The molecule has 1 heterocycles. The molecule has 198 valence electrons. The van der Waals surface area contributed by atoms with Gasteiger partial charge in [-0.15, -0.1) is 0 Å². The maximum atomic E-state index is 12.2. The third-order valence-electron chi connectivity index (χ3n) is 6.95. The molecule has 0 amide bonds. The van der Waals surface area contributed by atoms with Crippen molar-refractivity contribution in [3.05, 3.63) is 136 Å². The zero-order valence-electron chi connectivity index (χ0n) is 21.8. The number of ether oxygens (including phenoxy) is 2. The highest BCUT2D eigenvalue weighted by molar-refractivity contribution is 6.31. The average Bonchev–Trinajstić information content (AvgIpc) is 3.26. The number of nitrogens with zero attached hydrogens (tertiary/aromatic N) is 1. The van der Waals surface area contributed by atoms with Gasteiger partial charge in [0, 0.05) is 34.5 Å². The number of esters is 1. The Morgan fingerprint density at radius 2 is 1.51 bits per heavy atom. The molecule has 5 rings (SSSR count). The molecular weight excluding hydrogens is 508 g/mol. The smallest absolute Gasteiger partial charge is 0.341 e. The van der Waals surface area contributed by atoms with Crippen LogP contribution in [0.5, 0.6) is 5.75 Å². The first-order chi connectivity index (χ1) is 19.1. The number of carbonyl (C=O) groups excluding carboxylic acids is 1. The summed E-state index contributed by atoms with van der Waals surface area (Å²) in [4.78, 5) is 12.2. The number of hydrogen-bond acceptors (Lipinski definition) is 4. The quantitative estimate of drug-likeness (QED) is 0.198. The van der Waals surface area contributed by atoms with Gasteiger partial charge in [-0.05, 0) is 53.6 Å². The third kappa shape index (κ3) is 5.56. The third-order valence-corrected chi connectivity index (χ3v) is 7.19. The zero-order chi connectivity index (χ0) is 27.2. The Morgan fingerprint density at radius 3 is 2.15 bits per heavy atom. The molecule has 0 aliphatic heterocycles. The Labute approximate surface area is 233 Å². The van der Waals surface area contributed by atoms with Crippen LogP contribution in [0.15, 0.2) is 103 Å². The predicted octanol–water partition coefficient (Wildman–Crippen LogP) is 6.84. The molecule has 0 aliphatic rings. The van der Waals surface area contributed by atoms with Gasteiger partial charge in [-0.3, -0.25) is 0 Å². The highest BCUT2D eigenvalue weighted by atomic mass is 35.5. The highest BCUT2D eigenvalue weighted by Gasteiger charge is 2.25. The van der Waals surface area contributed by atoms with E-state index < -0.39 is 5.97 Å². The molecule has 0 atom stereocenters. The lowest BCUT2D eigenvalue weighted by molar-refractivity contribution is 0.0596. The van der Waals surface area contributed by atoms with Gasteiger partial charge in [0.15, 0.2) is 0 Å². The second kappa shape index (κ2) is 12.2. The first-order valence-corrected chi connectivity index (χ1v) is 13.4. The number of hydrogen-bond donors (Lipinski definition) is 1. The number of rotatable bonds is 10. The molecule has 2 N–H and O–H groups in total. The van der Waals surface area contributed by atoms with Crippen LogP contribution in [0.1, 0.15) is 38.8 Å². The Bertz CT molecular complexity index is 1530. The van der Waals surface area contributed by atoms with Crippen LogP contribution in [0.25, 0.3) is 10.9 Å². The van der Waals surface area contributed by atoms with Crippen LogP contribution >= 0.6 is 11.6 Å². The Kier molecular flexibility index (Phi) is 8.30. The summed E-state index contributed by atoms with van der Waals surface area (Å²) < 4.78 is 13.5. The van der Waals surface area contributed by atoms with E-state index in [0.29, 0.717) is 42.3 Å². The second-order valence-electron chi connectivity index (χ2n) is 9.31. The van der Waals surface area contributed by atoms with E-state index in [1.54, 1.807) is 18.2 Å². The summed E-state index contributed by atoms with van der Waals surface area (Å²) in [5.41, 5.74) is 12.3. The molecule has 5 aromatic rings. The van der Waals surface area contributed by atoms with Crippen molar-refractivity contribution in [1.82, 2.24) is 4.57 Å². The standard InChI is InChI=1S/C33H31ClN2O3/c1-38-33(37)27-14-8-9-15-31(27)39-21-19-26-28-22-25(34)16-17-29(28)36(30(26)18-20-35)32(23-10-4-2-5-11-23)24-12-6-3-7-13-24/h2-17,22,32H,18-21,35H2,1H3. The number of methoxy groups -OCH3 is 1. The lowest BCUT2D eigenvalue weighted by atomic mass is 9.97. The number of benzene rings is 4. The van der Waals surface area contributed by atoms with E-state index in [-0.39, 0.29) is 6.04 Å². The number of nitrogens with two attached hydrogens (primary N) is 1. The minimum Gasteiger partial charge on any atom is -0.492 e. The van der Waals surface area contributed by atoms with Crippen LogP contribution < -0.4 is 10.5 Å². The van der Waals surface area contributed by atoms with Crippen LogP contribution in [0.2, 0.25) is 5.02 Å². The molecule has 6 heteroatoms. The number of para-hydroxylation sites is 1. The number of fused-ring (bicyclic) bond motifs is 1. The second-order valence-corrected chi connectivity index (χ2v) is 9.74. The normalized spacial score (nSPS) is 11.2. The molecular formula is C33H31ClN2O3. The molecule has 0 unspecified atom stereocenters. The summed E-state index contributed by atoms with van der Waals surface area (Å²) in [7, 11) is 1.37. The van der Waals surface area contributed by atoms with Crippen molar-refractivity contribution in [2.75, 3.05) is 20.3 Å². The van der Waals surface area contributed by atoms with E-state index >= 15 is 0 Å². The van der Waals surface area contributed by atoms with E-state index in [1.165, 1.54) is 18.2 Å². The van der Waals surface area contributed by atoms with Crippen LogP contribution in [0.4, 0.5) is 0 Å². The summed E-state index contributed by atoms with van der Waals surface area (Å²) in [5, 5.41) is 1.75. The molecule has 0 radical (unpaired) electrons. The van der Waals surface area contributed by atoms with Crippen LogP contribution in [-0.2, 0) is 17.6 Å². The molecule has 4 aromatic carbocycles. The van der Waals surface area contributed by atoms with E-state index in [2.05, 4.69) is 59.2 Å². The Morgan fingerprint density at radius 1 is 0.872 bits per heavy atom. The van der Waals surface area contributed by atoms with E-state index in [4.69, 9.17) is 26.8 Å².